The molecule has 0 aliphatic carbocycles. The number of aliphatic hydroxyl groups excluding tert-OH is 1. The largest absolute Gasteiger partial charge is 0.398 e. The molecular formula is C18H25ClN8O. The Kier molecular flexibility index (Phi) is 6.15. The zero-order valence-corrected chi connectivity index (χ0v) is 16.9. The van der Waals surface area contributed by atoms with Crippen molar-refractivity contribution in [3.05, 3.63) is 28.8 Å². The van der Waals surface area contributed by atoms with Crippen LogP contribution in [0.15, 0.2) is 18.2 Å². The summed E-state index contributed by atoms with van der Waals surface area (Å²) in [5.41, 5.74) is 8.59. The number of halogens is 1. The molecule has 0 radical (unpaired) electrons. The standard InChI is InChI=1S/C18H25ClN8O/c1-4-11(9-28)22-18-23-16(15-17(24-18)27(10(2)3)26-25-15)21-8-12-13(19)6-5-7-14(12)20/h5-7,10-11,28H,4,8-9,20H2,1-3H3,(H2,21,22,23,24). The topological polar surface area (TPSA) is 127 Å². The van der Waals surface area contributed by atoms with Gasteiger partial charge in [-0.05, 0) is 32.4 Å². The zero-order valence-electron chi connectivity index (χ0n) is 16.1. The Balaban J connectivity index is 1.99. The second-order valence-corrected chi connectivity index (χ2v) is 7.20. The van der Waals surface area contributed by atoms with Crippen molar-refractivity contribution in [3.8, 4) is 0 Å². The van der Waals surface area contributed by atoms with Crippen LogP contribution in [-0.2, 0) is 6.54 Å². The van der Waals surface area contributed by atoms with Crippen molar-refractivity contribution in [1.82, 2.24) is 25.0 Å². The summed E-state index contributed by atoms with van der Waals surface area (Å²) in [5, 5.41) is 24.9. The number of aliphatic hydroxyl groups is 1. The van der Waals surface area contributed by atoms with E-state index in [1.807, 2.05) is 20.8 Å². The lowest BCUT2D eigenvalue weighted by Crippen LogP contribution is -2.24. The van der Waals surface area contributed by atoms with E-state index in [-0.39, 0.29) is 18.7 Å². The van der Waals surface area contributed by atoms with Gasteiger partial charge in [0.15, 0.2) is 17.0 Å². The van der Waals surface area contributed by atoms with Crippen molar-refractivity contribution in [1.29, 1.82) is 0 Å². The first-order valence-corrected chi connectivity index (χ1v) is 9.59. The molecule has 0 aliphatic rings. The van der Waals surface area contributed by atoms with E-state index in [0.717, 1.165) is 12.0 Å². The highest BCUT2D eigenvalue weighted by atomic mass is 35.5. The maximum Gasteiger partial charge on any atom is 0.227 e. The fourth-order valence-corrected chi connectivity index (χ4v) is 3.01. The number of rotatable bonds is 8. The first-order valence-electron chi connectivity index (χ1n) is 9.21. The molecular weight excluding hydrogens is 380 g/mol. The van der Waals surface area contributed by atoms with Gasteiger partial charge in [0.25, 0.3) is 0 Å². The highest BCUT2D eigenvalue weighted by Crippen LogP contribution is 2.26. The van der Waals surface area contributed by atoms with E-state index in [1.54, 1.807) is 22.9 Å². The maximum absolute atomic E-state index is 9.49. The van der Waals surface area contributed by atoms with Crippen LogP contribution in [0, 0.1) is 0 Å². The molecule has 1 atom stereocenters. The summed E-state index contributed by atoms with van der Waals surface area (Å²) in [6, 6.07) is 5.33. The van der Waals surface area contributed by atoms with E-state index in [4.69, 9.17) is 17.3 Å². The van der Waals surface area contributed by atoms with Gasteiger partial charge < -0.3 is 21.5 Å². The van der Waals surface area contributed by atoms with E-state index < -0.39 is 0 Å². The highest BCUT2D eigenvalue weighted by Gasteiger charge is 2.18. The molecule has 1 unspecified atom stereocenters. The number of nitrogens with one attached hydrogen (secondary N) is 2. The van der Waals surface area contributed by atoms with Crippen LogP contribution in [0.5, 0.6) is 0 Å². The first kappa shape index (κ1) is 20.1. The molecule has 2 aromatic heterocycles. The van der Waals surface area contributed by atoms with Crippen LogP contribution in [0.1, 0.15) is 38.8 Å². The second kappa shape index (κ2) is 8.57. The van der Waals surface area contributed by atoms with Crippen LogP contribution in [0.25, 0.3) is 11.2 Å². The summed E-state index contributed by atoms with van der Waals surface area (Å²) in [6.07, 6.45) is 0.735. The van der Waals surface area contributed by atoms with Crippen molar-refractivity contribution in [2.75, 3.05) is 23.0 Å². The van der Waals surface area contributed by atoms with Crippen LogP contribution < -0.4 is 16.4 Å². The molecule has 1 aromatic carbocycles. The molecule has 150 valence electrons. The highest BCUT2D eigenvalue weighted by molar-refractivity contribution is 6.31. The molecule has 0 saturated heterocycles. The summed E-state index contributed by atoms with van der Waals surface area (Å²) < 4.78 is 1.73. The Hall–Kier alpha value is -2.65. The minimum absolute atomic E-state index is 0.0154. The van der Waals surface area contributed by atoms with Gasteiger partial charge in [-0.2, -0.15) is 9.97 Å². The molecule has 3 rings (SSSR count). The summed E-state index contributed by atoms with van der Waals surface area (Å²) in [6.45, 7) is 6.35. The second-order valence-electron chi connectivity index (χ2n) is 6.79. The summed E-state index contributed by atoms with van der Waals surface area (Å²) in [5.74, 6) is 0.916. The predicted octanol–water partition coefficient (Wildman–Crippen LogP) is 2.83. The molecule has 9 nitrogen and oxygen atoms in total. The fraction of sp³-hybridized carbons (Fsp3) is 0.444. The van der Waals surface area contributed by atoms with Crippen LogP contribution in [-0.4, -0.2) is 42.7 Å². The molecule has 0 bridgehead atoms. The molecule has 28 heavy (non-hydrogen) atoms. The van der Waals surface area contributed by atoms with Crippen LogP contribution in [0.2, 0.25) is 5.02 Å². The average molecular weight is 405 g/mol. The lowest BCUT2D eigenvalue weighted by molar-refractivity contribution is 0.271. The predicted molar refractivity (Wildman–Crippen MR) is 111 cm³/mol. The number of anilines is 3. The van der Waals surface area contributed by atoms with Gasteiger partial charge in [-0.1, -0.05) is 29.8 Å². The number of nitrogens with zero attached hydrogens (tertiary/aromatic N) is 5. The van der Waals surface area contributed by atoms with Crippen LogP contribution in [0.3, 0.4) is 0 Å². The van der Waals surface area contributed by atoms with Crippen molar-refractivity contribution < 1.29 is 5.11 Å². The number of hydrogen-bond acceptors (Lipinski definition) is 8. The van der Waals surface area contributed by atoms with Gasteiger partial charge >= 0.3 is 0 Å². The Bertz CT molecular complexity index is 934. The Labute approximate surface area is 168 Å². The monoisotopic (exact) mass is 404 g/mol. The Morgan fingerprint density at radius 1 is 1.29 bits per heavy atom. The van der Waals surface area contributed by atoms with E-state index >= 15 is 0 Å². The summed E-state index contributed by atoms with van der Waals surface area (Å²) >= 11 is 6.27. The summed E-state index contributed by atoms with van der Waals surface area (Å²) in [7, 11) is 0. The molecule has 0 spiro atoms. The van der Waals surface area contributed by atoms with Crippen molar-refractivity contribution in [3.63, 3.8) is 0 Å². The van der Waals surface area contributed by atoms with Gasteiger partial charge in [0.1, 0.15) is 0 Å². The van der Waals surface area contributed by atoms with Crippen molar-refractivity contribution in [2.24, 2.45) is 0 Å². The zero-order chi connectivity index (χ0) is 20.3. The smallest absolute Gasteiger partial charge is 0.227 e. The lowest BCUT2D eigenvalue weighted by Gasteiger charge is -2.16. The van der Waals surface area contributed by atoms with E-state index in [0.29, 0.717) is 40.2 Å². The quantitative estimate of drug-likeness (QED) is 0.422. The Morgan fingerprint density at radius 3 is 2.71 bits per heavy atom. The molecule has 2 heterocycles. The third kappa shape index (κ3) is 4.10. The van der Waals surface area contributed by atoms with E-state index in [2.05, 4.69) is 30.9 Å². The molecule has 0 amide bonds. The SMILES string of the molecule is CCC(CO)Nc1nc(NCc2c(N)cccc2Cl)c2nnn(C(C)C)c2n1. The van der Waals surface area contributed by atoms with E-state index in [9.17, 15) is 5.11 Å². The molecule has 10 heteroatoms. The van der Waals surface area contributed by atoms with Gasteiger partial charge in [0.2, 0.25) is 5.95 Å². The number of nitrogens with two attached hydrogens (primary N) is 1. The third-order valence-corrected chi connectivity index (χ3v) is 4.80. The third-order valence-electron chi connectivity index (χ3n) is 4.45. The summed E-state index contributed by atoms with van der Waals surface area (Å²) in [4.78, 5) is 9.10. The van der Waals surface area contributed by atoms with Gasteiger partial charge in [-0.25, -0.2) is 4.68 Å². The van der Waals surface area contributed by atoms with Gasteiger partial charge in [0, 0.05) is 22.8 Å². The van der Waals surface area contributed by atoms with Crippen LogP contribution in [0.4, 0.5) is 17.5 Å². The first-order chi connectivity index (χ1) is 13.4. The lowest BCUT2D eigenvalue weighted by atomic mass is 10.2. The number of benzene rings is 1. The van der Waals surface area contributed by atoms with Gasteiger partial charge in [-0.15, -0.1) is 5.10 Å². The molecule has 0 saturated carbocycles. The van der Waals surface area contributed by atoms with Gasteiger partial charge in [0.05, 0.1) is 18.7 Å². The molecule has 3 aromatic rings. The number of hydrogen-bond donors (Lipinski definition) is 4. The number of aromatic nitrogens is 5. The van der Waals surface area contributed by atoms with Crippen LogP contribution >= 0.6 is 11.6 Å². The van der Waals surface area contributed by atoms with Crippen molar-refractivity contribution >= 4 is 40.2 Å². The minimum atomic E-state index is -0.145. The number of nitrogen functional groups attached to an aromatic ring is 1. The number of fused-ring (bicyclic) bond motifs is 1. The molecule has 5 N–H and O–H groups in total. The van der Waals surface area contributed by atoms with E-state index in [1.165, 1.54) is 0 Å². The Morgan fingerprint density at radius 2 is 2.07 bits per heavy atom. The molecule has 0 aliphatic heterocycles. The minimum Gasteiger partial charge on any atom is -0.398 e. The maximum atomic E-state index is 9.49. The molecule has 0 fully saturated rings. The fourth-order valence-electron chi connectivity index (χ4n) is 2.76. The average Bonchev–Trinajstić information content (AvgIpc) is 3.10. The normalized spacial score (nSPS) is 12.5. The van der Waals surface area contributed by atoms with Gasteiger partial charge in [-0.3, -0.25) is 0 Å². The van der Waals surface area contributed by atoms with Crippen molar-refractivity contribution in [2.45, 2.75) is 45.8 Å².